The van der Waals surface area contributed by atoms with E-state index in [1.807, 2.05) is 0 Å². The van der Waals surface area contributed by atoms with Crippen molar-refractivity contribution in [3.8, 4) is 23.0 Å². The van der Waals surface area contributed by atoms with Crippen molar-refractivity contribution in [1.29, 1.82) is 0 Å². The maximum absolute atomic E-state index is 13.4. The van der Waals surface area contributed by atoms with Crippen molar-refractivity contribution < 1.29 is 68.8 Å². The van der Waals surface area contributed by atoms with E-state index in [1.165, 1.54) is 0 Å². The molecule has 0 saturated carbocycles. The lowest BCUT2D eigenvalue weighted by Gasteiger charge is -2.16. The molecule has 0 atom stereocenters. The van der Waals surface area contributed by atoms with Gasteiger partial charge in [-0.15, -0.1) is 0 Å². The Morgan fingerprint density at radius 2 is 0.737 bits per heavy atom. The summed E-state index contributed by atoms with van der Waals surface area (Å²) in [6.07, 6.45) is -15.2. The fourth-order valence-electron chi connectivity index (χ4n) is 3.02. The number of rotatable bonds is 6. The molecule has 0 unspecified atom stereocenters. The summed E-state index contributed by atoms with van der Waals surface area (Å²) in [5, 5.41) is 18.1. The van der Waals surface area contributed by atoms with E-state index in [0.717, 1.165) is 0 Å². The van der Waals surface area contributed by atoms with Gasteiger partial charge in [0.15, 0.2) is 0 Å². The molecule has 0 radical (unpaired) electrons. The molecule has 15 heteroatoms. The normalized spacial score (nSPS) is 12.2. The number of carbonyl (C=O) groups is 2. The molecular formula is C23H11F9O6. The van der Waals surface area contributed by atoms with Crippen LogP contribution in [-0.4, -0.2) is 22.2 Å². The third-order valence-corrected chi connectivity index (χ3v) is 4.64. The van der Waals surface area contributed by atoms with E-state index in [0.29, 0.717) is 42.5 Å². The van der Waals surface area contributed by atoms with Gasteiger partial charge in [0, 0.05) is 6.07 Å². The molecule has 0 aromatic heterocycles. The molecule has 0 bridgehead atoms. The Morgan fingerprint density at radius 3 is 1.00 bits per heavy atom. The van der Waals surface area contributed by atoms with E-state index in [2.05, 4.69) is 0 Å². The second-order valence-electron chi connectivity index (χ2n) is 7.49. The first kappa shape index (κ1) is 28.1. The Labute approximate surface area is 205 Å². The molecule has 0 aliphatic carbocycles. The van der Waals surface area contributed by atoms with Gasteiger partial charge in [-0.3, -0.25) is 0 Å². The second kappa shape index (κ2) is 9.79. The number of carboxylic acid groups (broad SMARTS) is 2. The topological polar surface area (TPSA) is 93.1 Å². The minimum Gasteiger partial charge on any atom is -0.478 e. The third kappa shape index (κ3) is 6.86. The van der Waals surface area contributed by atoms with E-state index in [9.17, 15) is 49.1 Å². The van der Waals surface area contributed by atoms with Gasteiger partial charge in [-0.1, -0.05) is 0 Å². The molecular weight excluding hydrogens is 543 g/mol. The van der Waals surface area contributed by atoms with Crippen molar-refractivity contribution in [3.63, 3.8) is 0 Å². The number of hydrogen-bond acceptors (Lipinski definition) is 4. The smallest absolute Gasteiger partial charge is 0.416 e. The lowest BCUT2D eigenvalue weighted by atomic mass is 10.1. The summed E-state index contributed by atoms with van der Waals surface area (Å²) in [5.74, 6) is -6.89. The Balaban J connectivity index is 2.10. The summed E-state index contributed by atoms with van der Waals surface area (Å²) in [6, 6.07) is 3.68. The third-order valence-electron chi connectivity index (χ3n) is 4.64. The lowest BCUT2D eigenvalue weighted by molar-refractivity contribution is -0.138. The predicted molar refractivity (Wildman–Crippen MR) is 108 cm³/mol. The number of carboxylic acids is 2. The first-order valence-corrected chi connectivity index (χ1v) is 9.82. The fourth-order valence-corrected chi connectivity index (χ4v) is 3.02. The van der Waals surface area contributed by atoms with Gasteiger partial charge in [0.25, 0.3) is 0 Å². The van der Waals surface area contributed by atoms with Crippen molar-refractivity contribution in [2.45, 2.75) is 18.5 Å². The van der Waals surface area contributed by atoms with Crippen LogP contribution in [0.1, 0.15) is 37.4 Å². The number of aromatic carboxylic acids is 2. The number of hydrogen-bond donors (Lipinski definition) is 2. The molecule has 38 heavy (non-hydrogen) atoms. The first-order chi connectivity index (χ1) is 17.3. The zero-order chi connectivity index (χ0) is 28.6. The van der Waals surface area contributed by atoms with Crippen LogP contribution >= 0.6 is 0 Å². The molecule has 0 amide bonds. The summed E-state index contributed by atoms with van der Waals surface area (Å²) in [7, 11) is 0. The Bertz CT molecular complexity index is 1300. The fraction of sp³-hybridized carbons (Fsp3) is 0.130. The second-order valence-corrected chi connectivity index (χ2v) is 7.49. The van der Waals surface area contributed by atoms with Crippen LogP contribution in [0.5, 0.6) is 23.0 Å². The molecule has 202 valence electrons. The molecule has 0 spiro atoms. The molecule has 3 rings (SSSR count). The maximum Gasteiger partial charge on any atom is 0.416 e. The number of ether oxygens (including phenoxy) is 2. The van der Waals surface area contributed by atoms with Crippen LogP contribution in [0.25, 0.3) is 0 Å². The SMILES string of the molecule is O=C(O)c1cc(Oc2cc(Oc3cc(C(=O)O)cc(C(F)(F)F)c3)cc(C(F)(F)F)c2)cc(C(F)(F)F)c1. The number of alkyl halides is 9. The van der Waals surface area contributed by atoms with Crippen molar-refractivity contribution in [1.82, 2.24) is 0 Å². The quantitative estimate of drug-likeness (QED) is 0.303. The highest BCUT2D eigenvalue weighted by molar-refractivity contribution is 5.89. The van der Waals surface area contributed by atoms with Crippen molar-refractivity contribution in [2.75, 3.05) is 0 Å². The number of benzene rings is 3. The Morgan fingerprint density at radius 1 is 0.474 bits per heavy atom. The molecule has 2 N–H and O–H groups in total. The van der Waals surface area contributed by atoms with Gasteiger partial charge >= 0.3 is 30.5 Å². The van der Waals surface area contributed by atoms with Crippen molar-refractivity contribution in [3.05, 3.63) is 82.4 Å². The molecule has 0 fully saturated rings. The van der Waals surface area contributed by atoms with Crippen molar-refractivity contribution in [2.24, 2.45) is 0 Å². The average molecular weight is 554 g/mol. The van der Waals surface area contributed by atoms with Gasteiger partial charge in [0.05, 0.1) is 27.8 Å². The molecule has 0 aliphatic heterocycles. The van der Waals surface area contributed by atoms with Crippen LogP contribution in [0.15, 0.2) is 54.6 Å². The van der Waals surface area contributed by atoms with E-state index < -0.39 is 81.3 Å². The van der Waals surface area contributed by atoms with Crippen LogP contribution in [0.3, 0.4) is 0 Å². The van der Waals surface area contributed by atoms with Gasteiger partial charge in [0.2, 0.25) is 0 Å². The van der Waals surface area contributed by atoms with Crippen LogP contribution in [0, 0.1) is 0 Å². The highest BCUT2D eigenvalue weighted by atomic mass is 19.4. The van der Waals surface area contributed by atoms with Crippen molar-refractivity contribution >= 4 is 11.9 Å². The molecule has 0 saturated heterocycles. The highest BCUT2D eigenvalue weighted by Crippen LogP contribution is 2.40. The van der Waals surface area contributed by atoms with Gasteiger partial charge in [-0.25, -0.2) is 9.59 Å². The Kier molecular flexibility index (Phi) is 7.25. The van der Waals surface area contributed by atoms with E-state index in [1.54, 1.807) is 0 Å². The summed E-state index contributed by atoms with van der Waals surface area (Å²) >= 11 is 0. The highest BCUT2D eigenvalue weighted by Gasteiger charge is 2.35. The summed E-state index contributed by atoms with van der Waals surface area (Å²) in [5.41, 5.74) is -6.27. The van der Waals surface area contributed by atoms with Gasteiger partial charge in [-0.05, 0) is 48.5 Å². The Hall–Kier alpha value is -4.43. The van der Waals surface area contributed by atoms with E-state index in [-0.39, 0.29) is 12.1 Å². The predicted octanol–water partition coefficient (Wildman–Crippen LogP) is 7.72. The van der Waals surface area contributed by atoms with Gasteiger partial charge in [-0.2, -0.15) is 39.5 Å². The zero-order valence-corrected chi connectivity index (χ0v) is 18.1. The van der Waals surface area contributed by atoms with E-state index in [4.69, 9.17) is 19.7 Å². The lowest BCUT2D eigenvalue weighted by Crippen LogP contribution is -2.09. The van der Waals surface area contributed by atoms with Crippen LogP contribution in [0.2, 0.25) is 0 Å². The maximum atomic E-state index is 13.4. The van der Waals surface area contributed by atoms with Crippen LogP contribution in [0.4, 0.5) is 39.5 Å². The zero-order valence-electron chi connectivity index (χ0n) is 18.1. The summed E-state index contributed by atoms with van der Waals surface area (Å²) in [4.78, 5) is 22.4. The molecule has 3 aromatic carbocycles. The largest absolute Gasteiger partial charge is 0.478 e. The number of halogens is 9. The van der Waals surface area contributed by atoms with Crippen LogP contribution < -0.4 is 9.47 Å². The molecule has 6 nitrogen and oxygen atoms in total. The van der Waals surface area contributed by atoms with Gasteiger partial charge in [0.1, 0.15) is 23.0 Å². The summed E-state index contributed by atoms with van der Waals surface area (Å²) < 4.78 is 129. The van der Waals surface area contributed by atoms with Crippen LogP contribution in [-0.2, 0) is 18.5 Å². The minimum atomic E-state index is -5.10. The average Bonchev–Trinajstić information content (AvgIpc) is 2.76. The minimum absolute atomic E-state index is 0.267. The molecule has 0 heterocycles. The van der Waals surface area contributed by atoms with Gasteiger partial charge < -0.3 is 19.7 Å². The standard InChI is InChI=1S/C23H11F9O6/c24-21(25,26)12-1-10(19(33)34)3-15(5-12)37-17-7-14(23(30,31)32)8-18(9-17)38-16-4-11(20(35)36)2-13(6-16)22(27,28)29/h1-9H,(H,33,34)(H,35,36). The first-order valence-electron chi connectivity index (χ1n) is 9.82. The summed E-state index contributed by atoms with van der Waals surface area (Å²) in [6.45, 7) is 0. The molecule has 3 aromatic rings. The van der Waals surface area contributed by atoms with E-state index >= 15 is 0 Å². The monoisotopic (exact) mass is 554 g/mol. The molecule has 0 aliphatic rings.